The third-order valence-corrected chi connectivity index (χ3v) is 2.07. The van der Waals surface area contributed by atoms with E-state index in [0.717, 1.165) is 23.0 Å². The molecule has 0 bridgehead atoms. The Morgan fingerprint density at radius 3 is 2.60 bits per heavy atom. The van der Waals surface area contributed by atoms with Crippen molar-refractivity contribution in [1.82, 2.24) is 10.5 Å². The molecule has 2 rings (SSSR count). The van der Waals surface area contributed by atoms with Crippen LogP contribution in [0.15, 0.2) is 27.1 Å². The molecule has 0 saturated carbocycles. The van der Waals surface area contributed by atoms with Gasteiger partial charge in [-0.3, -0.25) is 0 Å². The average Bonchev–Trinajstić information content (AvgIpc) is 2.76. The Labute approximate surface area is 88.3 Å². The molecule has 0 amide bonds. The van der Waals surface area contributed by atoms with Crippen LogP contribution in [0.2, 0.25) is 0 Å². The van der Waals surface area contributed by atoms with Gasteiger partial charge in [-0.25, -0.2) is 0 Å². The molecule has 15 heavy (non-hydrogen) atoms. The fourth-order valence-corrected chi connectivity index (χ4v) is 1.39. The van der Waals surface area contributed by atoms with Crippen LogP contribution in [0.4, 0.5) is 0 Å². The summed E-state index contributed by atoms with van der Waals surface area (Å²) in [7, 11) is 0. The summed E-state index contributed by atoms with van der Waals surface area (Å²) >= 11 is 0. The van der Waals surface area contributed by atoms with Crippen LogP contribution in [0, 0.1) is 13.8 Å². The van der Waals surface area contributed by atoms with Gasteiger partial charge in [0.25, 0.3) is 0 Å². The predicted octanol–water partition coefficient (Wildman–Crippen LogP) is 2.17. The lowest BCUT2D eigenvalue weighted by Gasteiger charge is -1.98. The summed E-state index contributed by atoms with van der Waals surface area (Å²) in [5, 5.41) is 7.03. The number of hydrogen-bond acceptors (Lipinski definition) is 4. The number of hydrogen-bond donors (Lipinski definition) is 1. The van der Waals surface area contributed by atoms with Gasteiger partial charge in [-0.15, -0.1) is 0 Å². The molecule has 0 radical (unpaired) electrons. The standard InChI is InChI=1S/C11H14N2O2/c1-8-5-11(15-13-8)7-12-6-10-4-3-9(2)14-10/h3-5,12H,6-7H2,1-2H3. The second kappa shape index (κ2) is 4.31. The molecule has 0 aliphatic rings. The quantitative estimate of drug-likeness (QED) is 0.833. The predicted molar refractivity (Wildman–Crippen MR) is 55.2 cm³/mol. The molecule has 0 atom stereocenters. The van der Waals surface area contributed by atoms with E-state index < -0.39 is 0 Å². The Morgan fingerprint density at radius 1 is 1.20 bits per heavy atom. The zero-order valence-electron chi connectivity index (χ0n) is 8.91. The highest BCUT2D eigenvalue weighted by Gasteiger charge is 2.01. The highest BCUT2D eigenvalue weighted by Crippen LogP contribution is 2.06. The van der Waals surface area contributed by atoms with Crippen molar-refractivity contribution in [3.63, 3.8) is 0 Å². The Kier molecular flexibility index (Phi) is 2.87. The van der Waals surface area contributed by atoms with Crippen molar-refractivity contribution in [1.29, 1.82) is 0 Å². The van der Waals surface area contributed by atoms with E-state index in [1.54, 1.807) is 0 Å². The van der Waals surface area contributed by atoms with E-state index in [0.29, 0.717) is 13.1 Å². The number of rotatable bonds is 4. The van der Waals surface area contributed by atoms with Gasteiger partial charge in [-0.2, -0.15) is 0 Å². The number of furan rings is 1. The lowest BCUT2D eigenvalue weighted by Crippen LogP contribution is -2.11. The van der Waals surface area contributed by atoms with E-state index in [1.807, 2.05) is 32.0 Å². The molecule has 0 aromatic carbocycles. The smallest absolute Gasteiger partial charge is 0.150 e. The van der Waals surface area contributed by atoms with E-state index in [-0.39, 0.29) is 0 Å². The summed E-state index contributed by atoms with van der Waals surface area (Å²) in [6.07, 6.45) is 0. The molecule has 4 nitrogen and oxygen atoms in total. The largest absolute Gasteiger partial charge is 0.465 e. The molecule has 2 aromatic rings. The van der Waals surface area contributed by atoms with Crippen LogP contribution in [0.1, 0.15) is 23.0 Å². The Bertz CT molecular complexity index is 391. The van der Waals surface area contributed by atoms with Crippen LogP contribution in [-0.4, -0.2) is 5.16 Å². The molecule has 1 N–H and O–H groups in total. The van der Waals surface area contributed by atoms with Crippen LogP contribution in [0.3, 0.4) is 0 Å². The molecule has 0 spiro atoms. The first-order valence-electron chi connectivity index (χ1n) is 4.92. The fraction of sp³-hybridized carbons (Fsp3) is 0.364. The van der Waals surface area contributed by atoms with Crippen LogP contribution in [-0.2, 0) is 13.1 Å². The van der Waals surface area contributed by atoms with Gasteiger partial charge < -0.3 is 14.3 Å². The summed E-state index contributed by atoms with van der Waals surface area (Å²) in [5.74, 6) is 2.71. The molecular weight excluding hydrogens is 192 g/mol. The molecule has 0 fully saturated rings. The molecule has 2 aromatic heterocycles. The fourth-order valence-electron chi connectivity index (χ4n) is 1.39. The minimum atomic E-state index is 0.667. The molecule has 0 saturated heterocycles. The van der Waals surface area contributed by atoms with Crippen LogP contribution in [0.5, 0.6) is 0 Å². The van der Waals surface area contributed by atoms with E-state index in [9.17, 15) is 0 Å². The molecular formula is C11H14N2O2. The summed E-state index contributed by atoms with van der Waals surface area (Å²) in [4.78, 5) is 0. The SMILES string of the molecule is Cc1cc(CNCc2ccc(C)o2)on1. The number of aryl methyl sites for hydroxylation is 2. The molecule has 2 heterocycles. The Morgan fingerprint density at radius 2 is 2.00 bits per heavy atom. The lowest BCUT2D eigenvalue weighted by atomic mass is 10.3. The second-order valence-electron chi connectivity index (χ2n) is 3.55. The first-order chi connectivity index (χ1) is 7.24. The zero-order chi connectivity index (χ0) is 10.7. The molecule has 0 unspecified atom stereocenters. The van der Waals surface area contributed by atoms with Gasteiger partial charge >= 0.3 is 0 Å². The first kappa shape index (κ1) is 9.98. The minimum Gasteiger partial charge on any atom is -0.465 e. The molecule has 0 aliphatic heterocycles. The third-order valence-electron chi connectivity index (χ3n) is 2.07. The monoisotopic (exact) mass is 206 g/mol. The minimum absolute atomic E-state index is 0.667. The van der Waals surface area contributed by atoms with Crippen LogP contribution < -0.4 is 5.32 Å². The molecule has 0 aliphatic carbocycles. The van der Waals surface area contributed by atoms with Gasteiger partial charge in [0.15, 0.2) is 5.76 Å². The highest BCUT2D eigenvalue weighted by atomic mass is 16.5. The van der Waals surface area contributed by atoms with Crippen molar-refractivity contribution < 1.29 is 8.94 Å². The summed E-state index contributed by atoms with van der Waals surface area (Å²) in [5.41, 5.74) is 0.903. The number of nitrogens with one attached hydrogen (secondary N) is 1. The van der Waals surface area contributed by atoms with Crippen molar-refractivity contribution in [3.8, 4) is 0 Å². The van der Waals surface area contributed by atoms with E-state index in [2.05, 4.69) is 10.5 Å². The first-order valence-corrected chi connectivity index (χ1v) is 4.92. The van der Waals surface area contributed by atoms with E-state index >= 15 is 0 Å². The average molecular weight is 206 g/mol. The summed E-state index contributed by atoms with van der Waals surface area (Å²) in [6, 6.07) is 5.84. The van der Waals surface area contributed by atoms with Crippen molar-refractivity contribution in [3.05, 3.63) is 41.2 Å². The lowest BCUT2D eigenvalue weighted by molar-refractivity contribution is 0.365. The maximum atomic E-state index is 5.42. The zero-order valence-corrected chi connectivity index (χ0v) is 8.91. The maximum Gasteiger partial charge on any atom is 0.150 e. The van der Waals surface area contributed by atoms with Crippen molar-refractivity contribution in [2.75, 3.05) is 0 Å². The van der Waals surface area contributed by atoms with Crippen molar-refractivity contribution in [2.45, 2.75) is 26.9 Å². The summed E-state index contributed by atoms with van der Waals surface area (Å²) in [6.45, 7) is 5.21. The Hall–Kier alpha value is -1.55. The van der Waals surface area contributed by atoms with E-state index in [1.165, 1.54) is 0 Å². The van der Waals surface area contributed by atoms with Gasteiger partial charge in [-0.05, 0) is 26.0 Å². The van der Waals surface area contributed by atoms with E-state index in [4.69, 9.17) is 8.94 Å². The molecule has 4 heteroatoms. The van der Waals surface area contributed by atoms with Gasteiger partial charge in [0.1, 0.15) is 11.5 Å². The second-order valence-corrected chi connectivity index (χ2v) is 3.55. The van der Waals surface area contributed by atoms with Gasteiger partial charge in [0.05, 0.1) is 18.8 Å². The third kappa shape index (κ3) is 2.70. The normalized spacial score (nSPS) is 10.8. The van der Waals surface area contributed by atoms with Crippen LogP contribution in [0.25, 0.3) is 0 Å². The molecule has 80 valence electrons. The number of aromatic nitrogens is 1. The van der Waals surface area contributed by atoms with Crippen LogP contribution >= 0.6 is 0 Å². The Balaban J connectivity index is 1.80. The van der Waals surface area contributed by atoms with Crippen molar-refractivity contribution >= 4 is 0 Å². The van der Waals surface area contributed by atoms with Gasteiger partial charge in [0.2, 0.25) is 0 Å². The number of nitrogens with zero attached hydrogens (tertiary/aromatic N) is 1. The highest BCUT2D eigenvalue weighted by molar-refractivity contribution is 5.06. The maximum absolute atomic E-state index is 5.42. The van der Waals surface area contributed by atoms with Crippen molar-refractivity contribution in [2.24, 2.45) is 0 Å². The summed E-state index contributed by atoms with van der Waals surface area (Å²) < 4.78 is 10.5. The van der Waals surface area contributed by atoms with Gasteiger partial charge in [-0.1, -0.05) is 5.16 Å². The van der Waals surface area contributed by atoms with Gasteiger partial charge in [0, 0.05) is 6.07 Å². The topological polar surface area (TPSA) is 51.2 Å².